The van der Waals surface area contributed by atoms with Crippen molar-refractivity contribution in [1.82, 2.24) is 9.03 Å². The maximum Gasteiger partial charge on any atom is 0.329 e. The van der Waals surface area contributed by atoms with Crippen LogP contribution in [0.2, 0.25) is 25.7 Å². The van der Waals surface area contributed by atoms with Crippen LogP contribution in [-0.4, -0.2) is 70.0 Å². The molecule has 328 valence electrons. The van der Waals surface area contributed by atoms with E-state index in [0.717, 1.165) is 32.3 Å². The fraction of sp³-hybridized carbons (Fsp3) is 0.488. The Morgan fingerprint density at radius 3 is 1.58 bits per heavy atom. The van der Waals surface area contributed by atoms with Crippen molar-refractivity contribution in [1.29, 1.82) is 0 Å². The number of esters is 2. The smallest absolute Gasteiger partial charge is 0.329 e. The molecule has 1 N–H and O–H groups in total. The molecule has 0 spiro atoms. The minimum Gasteiger partial charge on any atom is -0.459 e. The van der Waals surface area contributed by atoms with Gasteiger partial charge in [-0.2, -0.15) is 9.03 Å². The average molecular weight is 1050 g/mol. The van der Waals surface area contributed by atoms with Crippen LogP contribution in [0.4, 0.5) is 0 Å². The second-order valence-corrected chi connectivity index (χ2v) is 33.7. The van der Waals surface area contributed by atoms with Crippen molar-refractivity contribution in [2.24, 2.45) is 0 Å². The summed E-state index contributed by atoms with van der Waals surface area (Å²) in [5.41, 5.74) is -3.61. The van der Waals surface area contributed by atoms with Gasteiger partial charge in [-0.15, -0.1) is 22.7 Å². The number of nitrogens with zero attached hydrogens (tertiary/aromatic N) is 1. The number of sulfonamides is 2. The zero-order valence-corrected chi connectivity index (χ0v) is 43.5. The summed E-state index contributed by atoms with van der Waals surface area (Å²) in [6, 6.07) is 26.4. The Morgan fingerprint density at radius 2 is 1.15 bits per heavy atom. The number of rotatable bonds is 13. The van der Waals surface area contributed by atoms with Gasteiger partial charge in [0.25, 0.3) is 20.0 Å². The summed E-state index contributed by atoms with van der Waals surface area (Å²) in [6.07, 6.45) is 0.723. The maximum absolute atomic E-state index is 14.1. The SMILES string of the molecule is CC(C)(C)OC(=O)C1(N(CC[Si](C)(C)C)S(=O)(=O)c2ccc(Br)s2)CC1(C)c1ccccc1.CC(C)(C)OC(=O)C1(NS(=O)(=O)c2ccc(Br)s2)CC1(C)c1ccccc1. The second-order valence-electron chi connectivity index (χ2n) is 19.1. The zero-order valence-electron chi connectivity index (χ0n) is 36.0. The van der Waals surface area contributed by atoms with Crippen LogP contribution in [0.3, 0.4) is 0 Å². The molecule has 2 aromatic carbocycles. The van der Waals surface area contributed by atoms with Gasteiger partial charge in [-0.25, -0.2) is 26.4 Å². The molecule has 0 radical (unpaired) electrons. The number of hydrogen-bond donors (Lipinski definition) is 1. The van der Waals surface area contributed by atoms with Crippen molar-refractivity contribution in [3.8, 4) is 0 Å². The fourth-order valence-corrected chi connectivity index (χ4v) is 15.9. The molecule has 60 heavy (non-hydrogen) atoms. The Labute approximate surface area is 382 Å². The van der Waals surface area contributed by atoms with Crippen LogP contribution >= 0.6 is 54.5 Å². The van der Waals surface area contributed by atoms with E-state index in [1.54, 1.807) is 39.0 Å². The van der Waals surface area contributed by atoms with E-state index in [4.69, 9.17) is 9.47 Å². The van der Waals surface area contributed by atoms with Crippen molar-refractivity contribution in [3.63, 3.8) is 0 Å². The first-order valence-electron chi connectivity index (χ1n) is 19.6. The van der Waals surface area contributed by atoms with Crippen molar-refractivity contribution >= 4 is 94.6 Å². The van der Waals surface area contributed by atoms with E-state index >= 15 is 0 Å². The summed E-state index contributed by atoms with van der Waals surface area (Å²) >= 11 is 8.94. The summed E-state index contributed by atoms with van der Waals surface area (Å²) in [6.45, 7) is 21.6. The maximum atomic E-state index is 14.1. The standard InChI is InChI=1S/C24H34BrNO4S2Si.C19H22BrNO4S2/c1-22(2,3)30-21(27)24(17-23(24,4)18-11-9-8-10-12-18)26(15-16-33(5,6)7)32(28,29)20-14-13-19(25)31-20;1-17(2,3)25-16(22)19(12-18(19,4)13-8-6-5-7-9-13)21-27(23,24)15-11-10-14(20)26-15/h8-14H,15-17H2,1-7H3;5-11,21H,12H2,1-4H3. The Kier molecular flexibility index (Phi) is 13.9. The molecule has 10 nitrogen and oxygen atoms in total. The fourth-order valence-electron chi connectivity index (χ4n) is 7.45. The van der Waals surface area contributed by atoms with Gasteiger partial charge in [-0.05, 0) is 128 Å². The van der Waals surface area contributed by atoms with Crippen LogP contribution in [-0.2, 0) is 49.9 Å². The van der Waals surface area contributed by atoms with Crippen molar-refractivity contribution in [2.45, 2.75) is 135 Å². The van der Waals surface area contributed by atoms with Gasteiger partial charge in [0.1, 0.15) is 30.7 Å². The molecule has 0 amide bonds. The van der Waals surface area contributed by atoms with Gasteiger partial charge in [0.2, 0.25) is 0 Å². The Morgan fingerprint density at radius 1 is 0.700 bits per heavy atom. The number of benzene rings is 2. The predicted octanol–water partition coefficient (Wildman–Crippen LogP) is 10.5. The lowest BCUT2D eigenvalue weighted by atomic mass is 9.92. The molecule has 4 unspecified atom stereocenters. The van der Waals surface area contributed by atoms with Crippen LogP contribution in [0, 0.1) is 0 Å². The number of nitrogens with one attached hydrogen (secondary N) is 1. The molecule has 2 fully saturated rings. The lowest BCUT2D eigenvalue weighted by Crippen LogP contribution is -2.54. The third kappa shape index (κ3) is 10.3. The molecule has 4 atom stereocenters. The molecule has 4 aromatic rings. The average Bonchev–Trinajstić information content (AvgIpc) is 3.68. The summed E-state index contributed by atoms with van der Waals surface area (Å²) in [4.78, 5) is 26.9. The molecule has 0 bridgehead atoms. The van der Waals surface area contributed by atoms with Gasteiger partial charge in [-0.3, -0.25) is 0 Å². The summed E-state index contributed by atoms with van der Waals surface area (Å²) in [5, 5.41) is 0. The lowest BCUT2D eigenvalue weighted by Gasteiger charge is -2.36. The number of thiophene rings is 2. The number of carbonyl (C=O) groups is 2. The highest BCUT2D eigenvalue weighted by atomic mass is 79.9. The zero-order chi connectivity index (χ0) is 45.0. The van der Waals surface area contributed by atoms with Gasteiger partial charge in [-0.1, -0.05) is 94.2 Å². The van der Waals surface area contributed by atoms with Crippen molar-refractivity contribution in [2.75, 3.05) is 6.54 Å². The van der Waals surface area contributed by atoms with Crippen LogP contribution in [0.5, 0.6) is 0 Å². The van der Waals surface area contributed by atoms with E-state index in [-0.39, 0.29) is 15.0 Å². The van der Waals surface area contributed by atoms with E-state index in [1.807, 2.05) is 95.3 Å². The van der Waals surface area contributed by atoms with Crippen molar-refractivity contribution in [3.05, 3.63) is 104 Å². The first-order chi connectivity index (χ1) is 27.4. The first-order valence-corrected chi connectivity index (χ1v) is 29.4. The molecule has 2 heterocycles. The largest absolute Gasteiger partial charge is 0.459 e. The van der Waals surface area contributed by atoms with Gasteiger partial charge >= 0.3 is 11.9 Å². The first kappa shape index (κ1) is 48.8. The third-order valence-electron chi connectivity index (χ3n) is 10.8. The molecule has 6 rings (SSSR count). The van der Waals surface area contributed by atoms with Crippen LogP contribution in [0.15, 0.2) is 101 Å². The summed E-state index contributed by atoms with van der Waals surface area (Å²) in [7, 11) is -9.43. The third-order valence-corrected chi connectivity index (χ3v) is 20.2. The number of carbonyl (C=O) groups excluding carboxylic acids is 2. The Balaban J connectivity index is 0.000000232. The second kappa shape index (κ2) is 17.1. The molecule has 2 aliphatic carbocycles. The minimum atomic E-state index is -3.93. The normalized spacial score (nSPS) is 24.3. The molecule has 2 aliphatic rings. The summed E-state index contributed by atoms with van der Waals surface area (Å²) in [5.74, 6) is -1.03. The molecular weight excluding hydrogens is 989 g/mol. The van der Waals surface area contributed by atoms with E-state index < -0.39 is 73.2 Å². The van der Waals surface area contributed by atoms with E-state index in [9.17, 15) is 26.4 Å². The summed E-state index contributed by atoms with van der Waals surface area (Å²) < 4.78 is 71.5. The van der Waals surface area contributed by atoms with Crippen LogP contribution < -0.4 is 4.72 Å². The van der Waals surface area contributed by atoms with Gasteiger partial charge < -0.3 is 9.47 Å². The van der Waals surface area contributed by atoms with Crippen molar-refractivity contribution < 1.29 is 35.9 Å². The molecule has 0 saturated heterocycles. The molecule has 17 heteroatoms. The Hall–Kier alpha value is -2.22. The highest BCUT2D eigenvalue weighted by Gasteiger charge is 2.77. The van der Waals surface area contributed by atoms with E-state index in [0.29, 0.717) is 16.6 Å². The number of hydrogen-bond acceptors (Lipinski definition) is 10. The monoisotopic (exact) mass is 1040 g/mol. The lowest BCUT2D eigenvalue weighted by molar-refractivity contribution is -0.162. The number of ether oxygens (including phenoxy) is 2. The Bertz CT molecular complexity index is 2430. The minimum absolute atomic E-state index is 0.152. The van der Waals surface area contributed by atoms with Gasteiger partial charge in [0.15, 0.2) is 0 Å². The van der Waals surface area contributed by atoms with Gasteiger partial charge in [0.05, 0.1) is 7.57 Å². The van der Waals surface area contributed by atoms with Crippen LogP contribution in [0.25, 0.3) is 0 Å². The predicted molar refractivity (Wildman–Crippen MR) is 250 cm³/mol. The molecule has 2 aromatic heterocycles. The highest BCUT2D eigenvalue weighted by Crippen LogP contribution is 2.63. The molecule has 0 aliphatic heterocycles. The van der Waals surface area contributed by atoms with Crippen LogP contribution in [0.1, 0.15) is 79.4 Å². The highest BCUT2D eigenvalue weighted by molar-refractivity contribution is 9.11. The topological polar surface area (TPSA) is 136 Å². The molecular formula is C43H56Br2N2O8S4Si. The quantitative estimate of drug-likeness (QED) is 0.103. The van der Waals surface area contributed by atoms with Gasteiger partial charge in [0, 0.05) is 25.4 Å². The van der Waals surface area contributed by atoms with E-state index in [1.165, 1.54) is 21.7 Å². The van der Waals surface area contributed by atoms with E-state index in [2.05, 4.69) is 56.2 Å². The number of halogens is 2. The molecule has 2 saturated carbocycles.